The van der Waals surface area contributed by atoms with Crippen LogP contribution in [0.25, 0.3) is 0 Å². The highest BCUT2D eigenvalue weighted by atomic mass is 16.5. The third-order valence-corrected chi connectivity index (χ3v) is 5.12. The number of rotatable bonds is 2. The van der Waals surface area contributed by atoms with Crippen LogP contribution < -0.4 is 5.32 Å². The quantitative estimate of drug-likeness (QED) is 0.793. The lowest BCUT2D eigenvalue weighted by atomic mass is 9.77. The zero-order valence-electron chi connectivity index (χ0n) is 11.1. The highest BCUT2D eigenvalue weighted by Crippen LogP contribution is 2.41. The summed E-state index contributed by atoms with van der Waals surface area (Å²) < 4.78 is 6.07. The van der Waals surface area contributed by atoms with E-state index in [1.807, 2.05) is 0 Å². The molecule has 0 aromatic rings. The monoisotopic (exact) mass is 238 g/mol. The van der Waals surface area contributed by atoms with E-state index in [-0.39, 0.29) is 5.60 Å². The number of hydrogen-bond donors (Lipinski definition) is 1. The fourth-order valence-electron chi connectivity index (χ4n) is 4.17. The maximum atomic E-state index is 6.07. The molecule has 0 aromatic carbocycles. The normalized spacial score (nSPS) is 43.6. The molecule has 3 aliphatic rings. The van der Waals surface area contributed by atoms with Gasteiger partial charge in [-0.3, -0.25) is 4.90 Å². The molecule has 1 N–H and O–H groups in total. The zero-order chi connectivity index (χ0) is 11.7. The lowest BCUT2D eigenvalue weighted by Gasteiger charge is -2.45. The minimum Gasteiger partial charge on any atom is -0.375 e. The topological polar surface area (TPSA) is 24.5 Å². The van der Waals surface area contributed by atoms with E-state index in [9.17, 15) is 0 Å². The Labute approximate surface area is 105 Å². The van der Waals surface area contributed by atoms with E-state index in [1.165, 1.54) is 58.0 Å². The first-order valence-corrected chi connectivity index (χ1v) is 7.38. The van der Waals surface area contributed by atoms with Crippen molar-refractivity contribution in [3.05, 3.63) is 0 Å². The minimum atomic E-state index is 0.240. The van der Waals surface area contributed by atoms with E-state index in [4.69, 9.17) is 4.74 Å². The second kappa shape index (κ2) is 4.87. The van der Waals surface area contributed by atoms with E-state index in [2.05, 4.69) is 17.3 Å². The lowest BCUT2D eigenvalue weighted by Crippen LogP contribution is -2.55. The fraction of sp³-hybridized carbons (Fsp3) is 1.00. The second-order valence-electron chi connectivity index (χ2n) is 6.08. The van der Waals surface area contributed by atoms with Gasteiger partial charge in [0.2, 0.25) is 0 Å². The van der Waals surface area contributed by atoms with Gasteiger partial charge in [-0.05, 0) is 65.1 Å². The summed E-state index contributed by atoms with van der Waals surface area (Å²) >= 11 is 0. The summed E-state index contributed by atoms with van der Waals surface area (Å²) in [4.78, 5) is 2.71. The Morgan fingerprint density at radius 2 is 2.00 bits per heavy atom. The zero-order valence-corrected chi connectivity index (χ0v) is 11.1. The predicted molar refractivity (Wildman–Crippen MR) is 69.2 cm³/mol. The van der Waals surface area contributed by atoms with Crippen LogP contribution in [0.4, 0.5) is 0 Å². The molecule has 3 heteroatoms. The smallest absolute Gasteiger partial charge is 0.0699 e. The predicted octanol–water partition coefficient (Wildman–Crippen LogP) is 1.77. The number of ether oxygens (including phenoxy) is 1. The van der Waals surface area contributed by atoms with Crippen LogP contribution in [0.5, 0.6) is 0 Å². The maximum absolute atomic E-state index is 6.07. The highest BCUT2D eigenvalue weighted by Gasteiger charge is 2.44. The first-order valence-electron chi connectivity index (χ1n) is 7.38. The van der Waals surface area contributed by atoms with Gasteiger partial charge in [-0.2, -0.15) is 0 Å². The Balaban J connectivity index is 1.67. The van der Waals surface area contributed by atoms with Crippen LogP contribution in [0.2, 0.25) is 0 Å². The second-order valence-corrected chi connectivity index (χ2v) is 6.08. The van der Waals surface area contributed by atoms with Gasteiger partial charge in [-0.15, -0.1) is 0 Å². The Morgan fingerprint density at radius 1 is 1.18 bits per heavy atom. The van der Waals surface area contributed by atoms with Gasteiger partial charge in [0, 0.05) is 18.7 Å². The van der Waals surface area contributed by atoms with E-state index in [1.54, 1.807) is 0 Å². The standard InChI is InChI=1S/C14H26N2O/c1-15-12-11-14(6-4-10-17-14)7-5-13(12)16-8-2-3-9-16/h12-13,15H,2-11H2,1H3/t12-,13-,14-/m1/s1. The van der Waals surface area contributed by atoms with Crippen LogP contribution in [-0.2, 0) is 4.74 Å². The highest BCUT2D eigenvalue weighted by molar-refractivity contribution is 5.00. The Bertz CT molecular complexity index is 257. The van der Waals surface area contributed by atoms with Crippen molar-refractivity contribution < 1.29 is 4.74 Å². The summed E-state index contributed by atoms with van der Waals surface area (Å²) in [5, 5.41) is 3.56. The third-order valence-electron chi connectivity index (χ3n) is 5.12. The molecule has 3 nitrogen and oxygen atoms in total. The summed E-state index contributed by atoms with van der Waals surface area (Å²) in [6, 6.07) is 1.40. The summed E-state index contributed by atoms with van der Waals surface area (Å²) in [7, 11) is 2.13. The van der Waals surface area contributed by atoms with Crippen LogP contribution in [0.1, 0.15) is 44.9 Å². The van der Waals surface area contributed by atoms with Gasteiger partial charge in [0.05, 0.1) is 5.60 Å². The van der Waals surface area contributed by atoms with Crippen LogP contribution in [-0.4, -0.2) is 49.3 Å². The van der Waals surface area contributed by atoms with Crippen molar-refractivity contribution in [1.82, 2.24) is 10.2 Å². The molecule has 2 aliphatic heterocycles. The maximum Gasteiger partial charge on any atom is 0.0699 e. The molecular weight excluding hydrogens is 212 g/mol. The van der Waals surface area contributed by atoms with Gasteiger partial charge in [0.1, 0.15) is 0 Å². The molecule has 3 rings (SSSR count). The number of hydrogen-bond acceptors (Lipinski definition) is 3. The average molecular weight is 238 g/mol. The van der Waals surface area contributed by atoms with Gasteiger partial charge in [0.25, 0.3) is 0 Å². The molecule has 98 valence electrons. The van der Waals surface area contributed by atoms with Crippen molar-refractivity contribution in [2.24, 2.45) is 0 Å². The van der Waals surface area contributed by atoms with Crippen molar-refractivity contribution in [2.45, 2.75) is 62.6 Å². The summed E-state index contributed by atoms with van der Waals surface area (Å²) in [6.07, 6.45) is 9.19. The fourth-order valence-corrected chi connectivity index (χ4v) is 4.17. The summed E-state index contributed by atoms with van der Waals surface area (Å²) in [5.74, 6) is 0. The number of likely N-dealkylation sites (tertiary alicyclic amines) is 1. The molecule has 2 saturated heterocycles. The van der Waals surface area contributed by atoms with Crippen molar-refractivity contribution in [3.63, 3.8) is 0 Å². The molecule has 0 bridgehead atoms. The van der Waals surface area contributed by atoms with Crippen LogP contribution in [0.3, 0.4) is 0 Å². The first kappa shape index (κ1) is 11.9. The molecule has 3 atom stereocenters. The van der Waals surface area contributed by atoms with Crippen molar-refractivity contribution in [1.29, 1.82) is 0 Å². The lowest BCUT2D eigenvalue weighted by molar-refractivity contribution is -0.0517. The number of likely N-dealkylation sites (N-methyl/N-ethyl adjacent to an activating group) is 1. The molecule has 0 radical (unpaired) electrons. The van der Waals surface area contributed by atoms with Crippen molar-refractivity contribution in [3.8, 4) is 0 Å². The largest absolute Gasteiger partial charge is 0.375 e. The molecule has 3 fully saturated rings. The Morgan fingerprint density at radius 3 is 2.65 bits per heavy atom. The van der Waals surface area contributed by atoms with Crippen molar-refractivity contribution >= 4 is 0 Å². The molecule has 1 spiro atoms. The molecule has 0 unspecified atom stereocenters. The molecule has 0 aromatic heterocycles. The van der Waals surface area contributed by atoms with E-state index in [0.717, 1.165) is 12.6 Å². The van der Waals surface area contributed by atoms with Gasteiger partial charge < -0.3 is 10.1 Å². The van der Waals surface area contributed by atoms with E-state index < -0.39 is 0 Å². The van der Waals surface area contributed by atoms with Crippen LogP contribution in [0.15, 0.2) is 0 Å². The van der Waals surface area contributed by atoms with Gasteiger partial charge in [0.15, 0.2) is 0 Å². The molecule has 1 aliphatic carbocycles. The molecule has 0 amide bonds. The molecular formula is C14H26N2O. The van der Waals surface area contributed by atoms with E-state index in [0.29, 0.717) is 6.04 Å². The summed E-state index contributed by atoms with van der Waals surface area (Å²) in [6.45, 7) is 3.62. The molecule has 2 heterocycles. The van der Waals surface area contributed by atoms with Crippen molar-refractivity contribution in [2.75, 3.05) is 26.7 Å². The van der Waals surface area contributed by atoms with Gasteiger partial charge in [-0.1, -0.05) is 0 Å². The Hall–Kier alpha value is -0.120. The molecule has 17 heavy (non-hydrogen) atoms. The molecule has 1 saturated carbocycles. The minimum absolute atomic E-state index is 0.240. The SMILES string of the molecule is CN[C@@H]1C[C@@]2(CCCO2)CC[C@H]1N1CCCC1. The number of nitrogens with one attached hydrogen (secondary N) is 1. The van der Waals surface area contributed by atoms with Crippen LogP contribution >= 0.6 is 0 Å². The van der Waals surface area contributed by atoms with Crippen LogP contribution in [0, 0.1) is 0 Å². The van der Waals surface area contributed by atoms with Gasteiger partial charge >= 0.3 is 0 Å². The summed E-state index contributed by atoms with van der Waals surface area (Å²) in [5.41, 5.74) is 0.240. The average Bonchev–Trinajstić information content (AvgIpc) is 3.01. The van der Waals surface area contributed by atoms with E-state index >= 15 is 0 Å². The van der Waals surface area contributed by atoms with Gasteiger partial charge in [-0.25, -0.2) is 0 Å². The first-order chi connectivity index (χ1) is 8.33. The number of nitrogens with zero attached hydrogens (tertiary/aromatic N) is 1. The Kier molecular flexibility index (Phi) is 3.42. The third kappa shape index (κ3) is 2.25.